The van der Waals surface area contributed by atoms with Gasteiger partial charge in [-0.1, -0.05) is 30.3 Å². The third-order valence-corrected chi connectivity index (χ3v) is 6.05. The van der Waals surface area contributed by atoms with Gasteiger partial charge in [-0.2, -0.15) is 5.10 Å². The maximum Gasteiger partial charge on any atom is 0.318 e. The lowest BCUT2D eigenvalue weighted by Gasteiger charge is -2.30. The van der Waals surface area contributed by atoms with Crippen molar-refractivity contribution in [1.82, 2.24) is 24.6 Å². The number of aryl methyl sites for hydroxylation is 1. The van der Waals surface area contributed by atoms with Crippen LogP contribution in [0.4, 0.5) is 4.79 Å². The molecule has 0 bridgehead atoms. The summed E-state index contributed by atoms with van der Waals surface area (Å²) in [5.41, 5.74) is 4.87. The quantitative estimate of drug-likeness (QED) is 0.503. The molecule has 168 valence electrons. The summed E-state index contributed by atoms with van der Waals surface area (Å²) in [6.45, 7) is 4.98. The summed E-state index contributed by atoms with van der Waals surface area (Å²) in [7, 11) is 1.67. The Bertz CT molecular complexity index is 1290. The fraction of sp³-hybridized carbons (Fsp3) is 0.231. The largest absolute Gasteiger partial charge is 0.494 e. The first-order chi connectivity index (χ1) is 16.1. The predicted octanol–water partition coefficient (Wildman–Crippen LogP) is 4.61. The van der Waals surface area contributed by atoms with Crippen LogP contribution in [0.1, 0.15) is 35.5 Å². The molecule has 1 unspecified atom stereocenters. The molecule has 4 aromatic rings. The monoisotopic (exact) mass is 441 g/mol. The average Bonchev–Trinajstić information content (AvgIpc) is 3.40. The van der Waals surface area contributed by atoms with Crippen molar-refractivity contribution in [2.75, 3.05) is 13.7 Å². The van der Waals surface area contributed by atoms with Crippen molar-refractivity contribution in [3.05, 3.63) is 95.4 Å². The Morgan fingerprint density at radius 1 is 1.12 bits per heavy atom. The normalized spacial score (nSPS) is 14.9. The maximum absolute atomic E-state index is 13.2. The molecule has 2 amide bonds. The number of para-hydroxylation sites is 1. The van der Waals surface area contributed by atoms with Crippen LogP contribution in [0.15, 0.2) is 72.9 Å². The molecule has 3 heterocycles. The van der Waals surface area contributed by atoms with Crippen molar-refractivity contribution >= 4 is 6.03 Å². The van der Waals surface area contributed by atoms with Gasteiger partial charge in [-0.15, -0.1) is 0 Å². The number of nitrogens with one attached hydrogen (secondary N) is 1. The number of fused-ring (bicyclic) bond motifs is 3. The van der Waals surface area contributed by atoms with Gasteiger partial charge < -0.3 is 19.5 Å². The highest BCUT2D eigenvalue weighted by Gasteiger charge is 2.35. The number of rotatable bonds is 4. The van der Waals surface area contributed by atoms with Gasteiger partial charge in [0.2, 0.25) is 0 Å². The fourth-order valence-electron chi connectivity index (χ4n) is 4.58. The van der Waals surface area contributed by atoms with Gasteiger partial charge >= 0.3 is 6.03 Å². The molecule has 0 aliphatic carbocycles. The Morgan fingerprint density at radius 3 is 2.70 bits per heavy atom. The second-order valence-corrected chi connectivity index (χ2v) is 8.03. The van der Waals surface area contributed by atoms with E-state index in [9.17, 15) is 4.79 Å². The topological polar surface area (TPSA) is 64.3 Å². The lowest BCUT2D eigenvalue weighted by atomic mass is 10.0. The first kappa shape index (κ1) is 20.9. The van der Waals surface area contributed by atoms with Gasteiger partial charge in [-0.25, -0.2) is 9.48 Å². The highest BCUT2D eigenvalue weighted by Crippen LogP contribution is 2.39. The van der Waals surface area contributed by atoms with Crippen molar-refractivity contribution in [2.45, 2.75) is 26.4 Å². The minimum atomic E-state index is -0.295. The van der Waals surface area contributed by atoms with Crippen LogP contribution in [-0.2, 0) is 6.54 Å². The Hall–Kier alpha value is -4.00. The number of carbonyl (C=O) groups excluding carboxylic acids is 1. The van der Waals surface area contributed by atoms with Gasteiger partial charge in [0.25, 0.3) is 0 Å². The van der Waals surface area contributed by atoms with Gasteiger partial charge in [-0.05, 0) is 55.8 Å². The summed E-state index contributed by atoms with van der Waals surface area (Å²) in [5, 5.41) is 7.69. The van der Waals surface area contributed by atoms with Crippen LogP contribution >= 0.6 is 0 Å². The lowest BCUT2D eigenvalue weighted by Crippen LogP contribution is -2.40. The maximum atomic E-state index is 13.2. The van der Waals surface area contributed by atoms with Gasteiger partial charge in [0.1, 0.15) is 11.6 Å². The first-order valence-electron chi connectivity index (χ1n) is 11.1. The summed E-state index contributed by atoms with van der Waals surface area (Å²) < 4.78 is 9.89. The molecule has 0 fully saturated rings. The highest BCUT2D eigenvalue weighted by molar-refractivity contribution is 5.75. The third-order valence-electron chi connectivity index (χ3n) is 6.05. The average molecular weight is 442 g/mol. The van der Waals surface area contributed by atoms with Crippen LogP contribution in [0.3, 0.4) is 0 Å². The summed E-state index contributed by atoms with van der Waals surface area (Å²) >= 11 is 0. The van der Waals surface area contributed by atoms with E-state index in [0.29, 0.717) is 13.2 Å². The molecule has 0 spiro atoms. The van der Waals surface area contributed by atoms with E-state index in [1.807, 2.05) is 90.3 Å². The predicted molar refractivity (Wildman–Crippen MR) is 127 cm³/mol. The number of urea groups is 1. The molecule has 2 aromatic carbocycles. The number of aromatic nitrogens is 3. The van der Waals surface area contributed by atoms with Crippen molar-refractivity contribution in [3.8, 4) is 17.3 Å². The van der Waals surface area contributed by atoms with Crippen molar-refractivity contribution in [2.24, 2.45) is 0 Å². The molecular weight excluding hydrogens is 414 g/mol. The Labute approximate surface area is 193 Å². The van der Waals surface area contributed by atoms with E-state index >= 15 is 0 Å². The second kappa shape index (κ2) is 8.50. The molecular formula is C26H27N5O2. The minimum absolute atomic E-state index is 0.144. The molecule has 0 radical (unpaired) electrons. The molecule has 5 rings (SSSR count). The van der Waals surface area contributed by atoms with Crippen LogP contribution in [0.2, 0.25) is 0 Å². The zero-order chi connectivity index (χ0) is 22.9. The SMILES string of the molecule is CCOc1cccc(C2c3cccn3-c3c(c(C)nn3-c3ccccc3)CN2C(=O)NC)c1. The van der Waals surface area contributed by atoms with Crippen LogP contribution < -0.4 is 10.1 Å². The van der Waals surface area contributed by atoms with Gasteiger partial charge in [-0.3, -0.25) is 0 Å². The zero-order valence-electron chi connectivity index (χ0n) is 19.0. The number of carbonyl (C=O) groups is 1. The van der Waals surface area contributed by atoms with E-state index in [0.717, 1.165) is 39.8 Å². The number of nitrogens with zero attached hydrogens (tertiary/aromatic N) is 4. The molecule has 0 saturated carbocycles. The second-order valence-electron chi connectivity index (χ2n) is 8.03. The van der Waals surface area contributed by atoms with E-state index in [-0.39, 0.29) is 12.1 Å². The summed E-state index contributed by atoms with van der Waals surface area (Å²) in [6.07, 6.45) is 2.04. The van der Waals surface area contributed by atoms with Gasteiger partial charge in [0, 0.05) is 18.8 Å². The Morgan fingerprint density at radius 2 is 1.94 bits per heavy atom. The molecule has 33 heavy (non-hydrogen) atoms. The fourth-order valence-corrected chi connectivity index (χ4v) is 4.58. The first-order valence-corrected chi connectivity index (χ1v) is 11.1. The summed E-state index contributed by atoms with van der Waals surface area (Å²) in [6, 6.07) is 21.7. The van der Waals surface area contributed by atoms with E-state index in [1.54, 1.807) is 7.05 Å². The van der Waals surface area contributed by atoms with Crippen LogP contribution in [0.5, 0.6) is 5.75 Å². The number of hydrogen-bond acceptors (Lipinski definition) is 3. The van der Waals surface area contributed by atoms with Crippen LogP contribution in [0.25, 0.3) is 11.5 Å². The number of benzene rings is 2. The molecule has 1 N–H and O–H groups in total. The summed E-state index contributed by atoms with van der Waals surface area (Å²) in [5.74, 6) is 1.74. The molecule has 1 atom stereocenters. The highest BCUT2D eigenvalue weighted by atomic mass is 16.5. The molecule has 7 nitrogen and oxygen atoms in total. The van der Waals surface area contributed by atoms with E-state index in [4.69, 9.17) is 9.84 Å². The lowest BCUT2D eigenvalue weighted by molar-refractivity contribution is 0.182. The Kier molecular flexibility index (Phi) is 5.38. The van der Waals surface area contributed by atoms with Gasteiger partial charge in [0.05, 0.1) is 36.3 Å². The third kappa shape index (κ3) is 3.55. The number of amides is 2. The Balaban J connectivity index is 1.74. The molecule has 7 heteroatoms. The standard InChI is InChI=1S/C26H27N5O2/c1-4-33-21-13-8-10-19(16-21)24-23-14-9-15-29(23)25-22(17-30(24)26(32)27-3)18(2)28-31(25)20-11-6-5-7-12-20/h5-16,24H,4,17H2,1-3H3,(H,27,32). The zero-order valence-corrected chi connectivity index (χ0v) is 19.0. The molecule has 1 aliphatic rings. The van der Waals surface area contributed by atoms with Crippen LogP contribution in [-0.4, -0.2) is 38.9 Å². The number of ether oxygens (including phenoxy) is 1. The van der Waals surface area contributed by atoms with Gasteiger partial charge in [0.15, 0.2) is 0 Å². The van der Waals surface area contributed by atoms with E-state index < -0.39 is 0 Å². The molecule has 2 aromatic heterocycles. The van der Waals surface area contributed by atoms with Crippen LogP contribution in [0, 0.1) is 6.92 Å². The van der Waals surface area contributed by atoms with Crippen molar-refractivity contribution in [3.63, 3.8) is 0 Å². The van der Waals surface area contributed by atoms with Crippen molar-refractivity contribution < 1.29 is 9.53 Å². The van der Waals surface area contributed by atoms with E-state index in [2.05, 4.69) is 16.0 Å². The van der Waals surface area contributed by atoms with Crippen molar-refractivity contribution in [1.29, 1.82) is 0 Å². The minimum Gasteiger partial charge on any atom is -0.494 e. The number of hydrogen-bond donors (Lipinski definition) is 1. The molecule has 1 aliphatic heterocycles. The van der Waals surface area contributed by atoms with E-state index in [1.165, 1.54) is 0 Å². The molecule has 0 saturated heterocycles. The smallest absolute Gasteiger partial charge is 0.318 e. The summed E-state index contributed by atoms with van der Waals surface area (Å²) in [4.78, 5) is 15.1.